The average molecular weight is 353 g/mol. The number of fused-ring (bicyclic) bond motifs is 1. The molecule has 1 saturated heterocycles. The summed E-state index contributed by atoms with van der Waals surface area (Å²) in [5.74, 6) is -0.402. The van der Waals surface area contributed by atoms with Gasteiger partial charge in [-0.15, -0.1) is 0 Å². The number of rotatable bonds is 5. The van der Waals surface area contributed by atoms with Crippen molar-refractivity contribution in [2.24, 2.45) is 0 Å². The van der Waals surface area contributed by atoms with Crippen molar-refractivity contribution in [1.29, 1.82) is 0 Å². The van der Waals surface area contributed by atoms with E-state index in [1.807, 2.05) is 13.0 Å². The van der Waals surface area contributed by atoms with Gasteiger partial charge in [-0.3, -0.25) is 4.79 Å². The van der Waals surface area contributed by atoms with Crippen molar-refractivity contribution in [2.45, 2.75) is 32.3 Å². The van der Waals surface area contributed by atoms with Gasteiger partial charge in [-0.05, 0) is 18.6 Å². The zero-order chi connectivity index (χ0) is 17.3. The lowest BCUT2D eigenvalue weighted by Crippen LogP contribution is -2.14. The molecule has 1 aromatic heterocycles. The summed E-state index contributed by atoms with van der Waals surface area (Å²) in [7, 11) is 0. The summed E-state index contributed by atoms with van der Waals surface area (Å²) in [6.45, 7) is 6.76. The van der Waals surface area contributed by atoms with E-state index >= 15 is 0 Å². The molecule has 1 fully saturated rings. The van der Waals surface area contributed by atoms with E-state index in [9.17, 15) is 9.18 Å². The van der Waals surface area contributed by atoms with E-state index in [-0.39, 0.29) is 15.9 Å². The van der Waals surface area contributed by atoms with Gasteiger partial charge in [0.15, 0.2) is 22.8 Å². The van der Waals surface area contributed by atoms with Gasteiger partial charge in [-0.25, -0.2) is 4.39 Å². The number of carbonyl (C=O) groups excluding carboxylic acids is 1. The lowest BCUT2D eigenvalue weighted by Gasteiger charge is -2.14. The minimum atomic E-state index is -0.543. The molecule has 0 spiro atoms. The number of thioether (sulfide) groups is 1. The maximum atomic E-state index is 14.6. The molecule has 0 radical (unpaired) electrons. The van der Waals surface area contributed by atoms with Crippen LogP contribution in [0.25, 0.3) is 11.0 Å². The number of hydrogen-bond donors (Lipinski definition) is 1. The molecule has 1 atom stereocenters. The summed E-state index contributed by atoms with van der Waals surface area (Å²) < 4.78 is 31.0. The monoisotopic (exact) mass is 353 g/mol. The maximum Gasteiger partial charge on any atom is 0.186 e. The first-order valence-electron chi connectivity index (χ1n) is 7.82. The Morgan fingerprint density at radius 3 is 2.83 bits per heavy atom. The first kappa shape index (κ1) is 17.3. The van der Waals surface area contributed by atoms with Gasteiger partial charge in [-0.2, -0.15) is 0 Å². The van der Waals surface area contributed by atoms with Crippen LogP contribution in [0.5, 0.6) is 0 Å². The van der Waals surface area contributed by atoms with Gasteiger partial charge in [0.2, 0.25) is 0 Å². The van der Waals surface area contributed by atoms with Crippen molar-refractivity contribution in [3.63, 3.8) is 0 Å². The molecule has 0 amide bonds. The highest BCUT2D eigenvalue weighted by Gasteiger charge is 2.25. The van der Waals surface area contributed by atoms with E-state index in [1.165, 1.54) is 18.0 Å². The minimum Gasteiger partial charge on any atom is -0.459 e. The van der Waals surface area contributed by atoms with Gasteiger partial charge in [0.1, 0.15) is 6.26 Å². The van der Waals surface area contributed by atoms with Crippen molar-refractivity contribution in [3.05, 3.63) is 29.3 Å². The topological polar surface area (TPSA) is 60.7 Å². The summed E-state index contributed by atoms with van der Waals surface area (Å²) in [5, 5.41) is 4.04. The molecule has 0 bridgehead atoms. The lowest BCUT2D eigenvalue weighted by atomic mass is 10.0. The van der Waals surface area contributed by atoms with E-state index in [1.54, 1.807) is 13.8 Å². The van der Waals surface area contributed by atoms with Gasteiger partial charge in [0.05, 0.1) is 18.9 Å². The molecule has 2 heterocycles. The second-order valence-electron chi connectivity index (χ2n) is 5.81. The maximum absolute atomic E-state index is 14.6. The Balaban J connectivity index is 1.88. The first-order chi connectivity index (χ1) is 11.5. The highest BCUT2D eigenvalue weighted by atomic mass is 32.2. The molecule has 1 aliphatic heterocycles. The van der Waals surface area contributed by atoms with E-state index in [0.717, 1.165) is 0 Å². The third-order valence-corrected chi connectivity index (χ3v) is 4.81. The molecule has 1 N–H and O–H groups in total. The van der Waals surface area contributed by atoms with E-state index in [4.69, 9.17) is 13.9 Å². The largest absolute Gasteiger partial charge is 0.459 e. The van der Waals surface area contributed by atoms with Gasteiger partial charge in [0, 0.05) is 29.7 Å². The number of nitrogens with one attached hydrogen (secondary N) is 1. The summed E-state index contributed by atoms with van der Waals surface area (Å²) in [5.41, 5.74) is 2.05. The molecule has 3 rings (SSSR count). The van der Waals surface area contributed by atoms with Crippen molar-refractivity contribution < 1.29 is 23.1 Å². The zero-order valence-electron chi connectivity index (χ0n) is 13.8. The van der Waals surface area contributed by atoms with E-state index in [0.29, 0.717) is 42.0 Å². The van der Waals surface area contributed by atoms with E-state index < -0.39 is 12.1 Å². The summed E-state index contributed by atoms with van der Waals surface area (Å²) >= 11 is 1.26. The molecule has 1 aliphatic rings. The van der Waals surface area contributed by atoms with Crippen LogP contribution in [0.3, 0.4) is 0 Å². The van der Waals surface area contributed by atoms with Gasteiger partial charge < -0.3 is 19.2 Å². The minimum absolute atomic E-state index is 0.0702. The van der Waals surface area contributed by atoms with Crippen molar-refractivity contribution >= 4 is 33.5 Å². The summed E-state index contributed by atoms with van der Waals surface area (Å²) in [6, 6.07) is 1.85. The Bertz CT molecular complexity index is 755. The fraction of sp³-hybridized carbons (Fsp3) is 0.471. The van der Waals surface area contributed by atoms with Crippen molar-refractivity contribution in [2.75, 3.05) is 25.1 Å². The van der Waals surface area contributed by atoms with Crippen LogP contribution in [0.4, 0.5) is 10.1 Å². The predicted molar refractivity (Wildman–Crippen MR) is 91.8 cm³/mol. The van der Waals surface area contributed by atoms with E-state index in [2.05, 4.69) is 5.32 Å². The number of anilines is 1. The number of benzene rings is 1. The van der Waals surface area contributed by atoms with Gasteiger partial charge in [0.25, 0.3) is 0 Å². The second-order valence-corrected chi connectivity index (χ2v) is 7.42. The van der Waals surface area contributed by atoms with Crippen LogP contribution in [0.1, 0.15) is 31.3 Å². The number of ether oxygens (including phenoxy) is 2. The average Bonchev–Trinajstić information content (AvgIpc) is 3.17. The van der Waals surface area contributed by atoms with Crippen LogP contribution in [0.15, 0.2) is 16.7 Å². The van der Waals surface area contributed by atoms with Crippen molar-refractivity contribution in [3.8, 4) is 0 Å². The van der Waals surface area contributed by atoms with Crippen LogP contribution < -0.4 is 5.32 Å². The number of halogens is 1. The Morgan fingerprint density at radius 1 is 1.46 bits per heavy atom. The zero-order valence-corrected chi connectivity index (χ0v) is 14.7. The quantitative estimate of drug-likeness (QED) is 0.876. The normalized spacial score (nSPS) is 16.7. The molecule has 24 heavy (non-hydrogen) atoms. The molecule has 0 saturated carbocycles. The molecular formula is C17H20FNO4S. The van der Waals surface area contributed by atoms with Crippen LogP contribution >= 0.6 is 11.8 Å². The second kappa shape index (κ2) is 7.13. The number of carbonyl (C=O) groups is 1. The first-order valence-corrected chi connectivity index (χ1v) is 8.70. The lowest BCUT2D eigenvalue weighted by molar-refractivity contribution is -0.109. The molecule has 0 unspecified atom stereocenters. The highest BCUT2D eigenvalue weighted by Crippen LogP contribution is 2.36. The molecule has 0 aliphatic carbocycles. The van der Waals surface area contributed by atoms with Crippen LogP contribution in [-0.4, -0.2) is 30.1 Å². The molecule has 7 heteroatoms. The van der Waals surface area contributed by atoms with Crippen LogP contribution in [-0.2, 0) is 14.3 Å². The predicted octanol–water partition coefficient (Wildman–Crippen LogP) is 4.01. The Labute approximate surface area is 143 Å². The smallest absolute Gasteiger partial charge is 0.186 e. The van der Waals surface area contributed by atoms with Crippen molar-refractivity contribution in [1.82, 2.24) is 0 Å². The molecule has 130 valence electrons. The molecule has 1 aromatic carbocycles. The van der Waals surface area contributed by atoms with Gasteiger partial charge in [-0.1, -0.05) is 18.7 Å². The fourth-order valence-electron chi connectivity index (χ4n) is 2.74. The third-order valence-electron chi connectivity index (χ3n) is 3.91. The molecule has 5 nitrogen and oxygen atoms in total. The highest BCUT2D eigenvalue weighted by molar-refractivity contribution is 8.14. The number of furan rings is 1. The summed E-state index contributed by atoms with van der Waals surface area (Å²) in [6.07, 6.45) is 0.956. The SMILES string of the molecule is CC(=O)S[C@H](C)CNc1coc2c(F)c(C)c(C3OCCO3)cc12. The Morgan fingerprint density at radius 2 is 2.17 bits per heavy atom. The standard InChI is InChI=1S/C17H20FNO4S/c1-9(24-11(3)20)7-19-14-8-23-16-13(14)6-12(10(2)15(16)18)17-21-4-5-22-17/h6,8-9,17,19H,4-5,7H2,1-3H3/t9-/m1/s1. The van der Waals surface area contributed by atoms with Gasteiger partial charge >= 0.3 is 0 Å². The van der Waals surface area contributed by atoms with Crippen LogP contribution in [0, 0.1) is 12.7 Å². The van der Waals surface area contributed by atoms with Crippen LogP contribution in [0.2, 0.25) is 0 Å². The molecular weight excluding hydrogens is 333 g/mol. The Hall–Kier alpha value is -1.57. The third kappa shape index (κ3) is 3.43. The summed E-state index contributed by atoms with van der Waals surface area (Å²) in [4.78, 5) is 11.1. The fourth-order valence-corrected chi connectivity index (χ4v) is 3.47. The number of hydrogen-bond acceptors (Lipinski definition) is 6. The Kier molecular flexibility index (Phi) is 5.12. The molecule has 2 aromatic rings.